The van der Waals surface area contributed by atoms with Gasteiger partial charge in [-0.05, 0) is 0 Å². The average molecular weight is 268 g/mol. The van der Waals surface area contributed by atoms with Crippen molar-refractivity contribution in [3.8, 4) is 0 Å². The number of rotatable bonds is 2. The Hall–Kier alpha value is -1.19. The number of amidine groups is 1. The number of pyridine rings is 1. The van der Waals surface area contributed by atoms with Crippen LogP contribution in [0.3, 0.4) is 0 Å². The van der Waals surface area contributed by atoms with Crippen molar-refractivity contribution in [1.82, 2.24) is 9.88 Å². The first kappa shape index (κ1) is 11.9. The number of hydrogen-bond acceptors (Lipinski definition) is 3. The molecule has 0 bridgehead atoms. The van der Waals surface area contributed by atoms with E-state index in [-0.39, 0.29) is 0 Å². The Labute approximate surface area is 97.9 Å². The van der Waals surface area contributed by atoms with Crippen molar-refractivity contribution in [3.05, 3.63) is 30.1 Å². The van der Waals surface area contributed by atoms with Gasteiger partial charge in [-0.1, -0.05) is 0 Å². The zero-order valence-corrected chi connectivity index (χ0v) is 10.7. The molecule has 0 aromatic carbocycles. The monoisotopic (exact) mass is 269 g/mol. The van der Waals surface area contributed by atoms with Gasteiger partial charge >= 0.3 is 97.7 Å². The summed E-state index contributed by atoms with van der Waals surface area (Å²) in [6, 6.07) is 5.71. The van der Waals surface area contributed by atoms with E-state index in [1.807, 2.05) is 44.1 Å². The van der Waals surface area contributed by atoms with E-state index in [0.717, 1.165) is 16.1 Å². The Bertz CT molecular complexity index is 370. The van der Waals surface area contributed by atoms with Crippen LogP contribution in [-0.4, -0.2) is 50.4 Å². The Morgan fingerprint density at radius 2 is 2.07 bits per heavy atom. The van der Waals surface area contributed by atoms with Gasteiger partial charge in [-0.15, -0.1) is 0 Å². The van der Waals surface area contributed by atoms with Crippen LogP contribution >= 0.6 is 0 Å². The maximum atomic E-state index is 4.18. The fourth-order valence-electron chi connectivity index (χ4n) is 0.835. The summed E-state index contributed by atoms with van der Waals surface area (Å²) in [4.78, 5) is 6.03. The first-order valence-electron chi connectivity index (χ1n) is 4.49. The van der Waals surface area contributed by atoms with Gasteiger partial charge in [-0.2, -0.15) is 0 Å². The van der Waals surface area contributed by atoms with Crippen molar-refractivity contribution in [1.29, 1.82) is 0 Å². The van der Waals surface area contributed by atoms with E-state index in [9.17, 15) is 0 Å². The van der Waals surface area contributed by atoms with Gasteiger partial charge in [0.25, 0.3) is 0 Å². The van der Waals surface area contributed by atoms with Crippen LogP contribution in [0.4, 0.5) is 0 Å². The van der Waals surface area contributed by atoms with Gasteiger partial charge in [0.15, 0.2) is 0 Å². The predicted molar refractivity (Wildman–Crippen MR) is 63.3 cm³/mol. The summed E-state index contributed by atoms with van der Waals surface area (Å²) in [5.41, 5.74) is 1.64. The van der Waals surface area contributed by atoms with Gasteiger partial charge in [0.1, 0.15) is 0 Å². The van der Waals surface area contributed by atoms with Crippen LogP contribution in [0.1, 0.15) is 12.6 Å². The topological polar surface area (TPSA) is 40.9 Å². The Morgan fingerprint density at radius 1 is 1.33 bits per heavy atom. The molecule has 0 aliphatic heterocycles. The molecule has 0 aliphatic carbocycles. The van der Waals surface area contributed by atoms with Gasteiger partial charge in [0.2, 0.25) is 0 Å². The molecule has 1 rings (SSSR count). The van der Waals surface area contributed by atoms with Gasteiger partial charge < -0.3 is 0 Å². The molecule has 0 N–H and O–H groups in total. The van der Waals surface area contributed by atoms with Gasteiger partial charge in [-0.3, -0.25) is 0 Å². The van der Waals surface area contributed by atoms with Crippen molar-refractivity contribution in [2.75, 3.05) is 14.1 Å². The molecular weight excluding hydrogens is 255 g/mol. The van der Waals surface area contributed by atoms with Crippen LogP contribution in [0.25, 0.3) is 0 Å². The molecule has 0 saturated heterocycles. The summed E-state index contributed by atoms with van der Waals surface area (Å²) >= 11 is 2.83. The van der Waals surface area contributed by atoms with Crippen molar-refractivity contribution in [3.63, 3.8) is 0 Å². The first-order valence-corrected chi connectivity index (χ1v) is 5.35. The zero-order valence-electron chi connectivity index (χ0n) is 9.01. The molecule has 15 heavy (non-hydrogen) atoms. The fraction of sp³-hybridized carbons (Fsp3) is 0.300. The van der Waals surface area contributed by atoms with Gasteiger partial charge in [0.05, 0.1) is 0 Å². The molecule has 1 heterocycles. The van der Waals surface area contributed by atoms with Gasteiger partial charge in [-0.25, -0.2) is 0 Å². The second-order valence-corrected chi connectivity index (χ2v) is 3.94. The van der Waals surface area contributed by atoms with Crippen LogP contribution in [-0.2, 0) is 0 Å². The number of aromatic nitrogens is 1. The number of hydrogen-bond donors (Lipinski definition) is 0. The second-order valence-electron chi connectivity index (χ2n) is 3.18. The molecule has 5 heteroatoms. The minimum absolute atomic E-state index is 0.741. The summed E-state index contributed by atoms with van der Waals surface area (Å²) in [7, 11) is 3.81. The molecule has 0 unspecified atom stereocenters. The molecule has 0 atom stereocenters. The van der Waals surface area contributed by atoms with Crippen LogP contribution in [0, 0.1) is 0 Å². The normalized spacial score (nSPS) is 12.7. The summed E-state index contributed by atoms with van der Waals surface area (Å²) in [5, 5.41) is 8.12. The molecule has 0 spiro atoms. The third-order valence-corrected chi connectivity index (χ3v) is 2.64. The molecule has 0 saturated carbocycles. The summed E-state index contributed by atoms with van der Waals surface area (Å²) in [6.07, 6.45) is 1.74. The Balaban J connectivity index is 2.82. The molecule has 1 aromatic rings. The van der Waals surface area contributed by atoms with Gasteiger partial charge in [0, 0.05) is 0 Å². The number of nitrogens with zero attached hydrogens (tertiary/aromatic N) is 4. The van der Waals surface area contributed by atoms with Crippen molar-refractivity contribution < 1.29 is 0 Å². The van der Waals surface area contributed by atoms with E-state index in [1.165, 1.54) is 0 Å². The summed E-state index contributed by atoms with van der Waals surface area (Å²) < 4.78 is 0.741. The SMILES string of the molecule is C/C(=N/N=C(/[Se])N(C)C)c1ccccn1. The van der Waals surface area contributed by atoms with Crippen LogP contribution in [0.15, 0.2) is 34.6 Å². The third-order valence-electron chi connectivity index (χ3n) is 1.70. The minimum atomic E-state index is 0.741. The van der Waals surface area contributed by atoms with Crippen LogP contribution in [0.5, 0.6) is 0 Å². The van der Waals surface area contributed by atoms with Crippen molar-refractivity contribution in [2.45, 2.75) is 6.92 Å². The molecule has 1 radical (unpaired) electrons. The summed E-state index contributed by atoms with van der Waals surface area (Å²) in [5.74, 6) is 0. The summed E-state index contributed by atoms with van der Waals surface area (Å²) in [6.45, 7) is 1.88. The van der Waals surface area contributed by atoms with E-state index in [1.54, 1.807) is 6.20 Å². The Kier molecular flexibility index (Phi) is 4.46. The van der Waals surface area contributed by atoms with Crippen molar-refractivity contribution >= 4 is 26.5 Å². The molecule has 4 nitrogen and oxygen atoms in total. The molecule has 0 amide bonds. The first-order chi connectivity index (χ1) is 7.11. The van der Waals surface area contributed by atoms with Crippen molar-refractivity contribution in [2.24, 2.45) is 10.2 Å². The molecule has 79 valence electrons. The van der Waals surface area contributed by atoms with E-state index in [0.29, 0.717) is 0 Å². The maximum absolute atomic E-state index is 4.18. The molecule has 0 fully saturated rings. The van der Waals surface area contributed by atoms with Crippen LogP contribution in [0.2, 0.25) is 0 Å². The van der Waals surface area contributed by atoms with E-state index in [2.05, 4.69) is 31.2 Å². The quantitative estimate of drug-likeness (QED) is 0.346. The van der Waals surface area contributed by atoms with E-state index < -0.39 is 0 Å². The standard InChI is InChI=1S/C10H13N4Se/c1-8(9-6-4-5-7-11-9)12-13-10(15)14(2)3/h4-7H,1-3H3/b12-8-,13-10+. The van der Waals surface area contributed by atoms with E-state index >= 15 is 0 Å². The van der Waals surface area contributed by atoms with Crippen LogP contribution < -0.4 is 0 Å². The molecular formula is C10H13N4Se. The van der Waals surface area contributed by atoms with E-state index in [4.69, 9.17) is 0 Å². The second kappa shape index (κ2) is 5.63. The molecule has 1 aromatic heterocycles. The fourth-order valence-corrected chi connectivity index (χ4v) is 0.921. The third kappa shape index (κ3) is 3.81. The Morgan fingerprint density at radius 3 is 2.60 bits per heavy atom. The average Bonchev–Trinajstić information content (AvgIpc) is 2.26. The zero-order chi connectivity index (χ0) is 11.3. The predicted octanol–water partition coefficient (Wildman–Crippen LogP) is 0.892. The molecule has 0 aliphatic rings.